The molecule has 0 aliphatic heterocycles. The Morgan fingerprint density at radius 1 is 1.14 bits per heavy atom. The molecule has 0 bridgehead atoms. The summed E-state index contributed by atoms with van der Waals surface area (Å²) in [5.41, 5.74) is 0.869. The number of amides is 1. The minimum absolute atomic E-state index is 0.00911. The molecule has 0 heterocycles. The Bertz CT molecular complexity index is 492. The molecule has 0 aliphatic rings. The zero-order valence-corrected chi connectivity index (χ0v) is 14.7. The van der Waals surface area contributed by atoms with Gasteiger partial charge in [-0.15, -0.1) is 0 Å². The van der Waals surface area contributed by atoms with Gasteiger partial charge in [0.1, 0.15) is 0 Å². The van der Waals surface area contributed by atoms with Crippen molar-refractivity contribution in [3.63, 3.8) is 0 Å². The quantitative estimate of drug-likeness (QED) is 0.712. The van der Waals surface area contributed by atoms with Crippen LogP contribution in [0.2, 0.25) is 15.1 Å². The maximum atomic E-state index is 11.6. The maximum Gasteiger partial charge on any atom is 0.221 e. The van der Waals surface area contributed by atoms with Gasteiger partial charge in [0.2, 0.25) is 5.91 Å². The summed E-state index contributed by atoms with van der Waals surface area (Å²) in [5.74, 6) is 0.500. The molecule has 0 saturated heterocycles. The van der Waals surface area contributed by atoms with Crippen molar-refractivity contribution in [3.8, 4) is 0 Å². The van der Waals surface area contributed by atoms with Gasteiger partial charge in [-0.2, -0.15) is 0 Å². The van der Waals surface area contributed by atoms with E-state index in [1.807, 2.05) is 13.0 Å². The lowest BCUT2D eigenvalue weighted by Crippen LogP contribution is -2.31. The molecule has 1 atom stereocenters. The van der Waals surface area contributed by atoms with Crippen molar-refractivity contribution in [2.24, 2.45) is 5.92 Å². The molecule has 1 rings (SSSR count). The summed E-state index contributed by atoms with van der Waals surface area (Å²) in [7, 11) is 0. The number of nitrogens with one attached hydrogen (secondary N) is 2. The summed E-state index contributed by atoms with van der Waals surface area (Å²) in [6, 6.07) is 3.55. The third kappa shape index (κ3) is 6.03. The lowest BCUT2D eigenvalue weighted by atomic mass is 10.1. The van der Waals surface area contributed by atoms with Crippen LogP contribution in [-0.2, 0) is 4.79 Å². The highest BCUT2D eigenvalue weighted by molar-refractivity contribution is 6.48. The smallest absolute Gasteiger partial charge is 0.221 e. The van der Waals surface area contributed by atoms with Gasteiger partial charge in [-0.1, -0.05) is 54.7 Å². The van der Waals surface area contributed by atoms with E-state index in [9.17, 15) is 4.79 Å². The first-order valence-electron chi connectivity index (χ1n) is 6.96. The van der Waals surface area contributed by atoms with Gasteiger partial charge >= 0.3 is 0 Å². The summed E-state index contributed by atoms with van der Waals surface area (Å²) in [6.45, 7) is 7.37. The van der Waals surface area contributed by atoms with E-state index in [1.165, 1.54) is 0 Å². The molecular formula is C15H21Cl3N2O. The van der Waals surface area contributed by atoms with E-state index in [0.29, 0.717) is 40.5 Å². The Balaban J connectivity index is 2.46. The zero-order chi connectivity index (χ0) is 16.0. The Morgan fingerprint density at radius 2 is 1.81 bits per heavy atom. The van der Waals surface area contributed by atoms with Crippen LogP contribution in [0.4, 0.5) is 0 Å². The van der Waals surface area contributed by atoms with Gasteiger partial charge in [0.05, 0.1) is 15.1 Å². The molecule has 21 heavy (non-hydrogen) atoms. The van der Waals surface area contributed by atoms with E-state index < -0.39 is 0 Å². The summed E-state index contributed by atoms with van der Waals surface area (Å²) in [4.78, 5) is 11.6. The van der Waals surface area contributed by atoms with Crippen LogP contribution in [0.25, 0.3) is 0 Å². The van der Waals surface area contributed by atoms with Crippen LogP contribution in [-0.4, -0.2) is 19.0 Å². The monoisotopic (exact) mass is 350 g/mol. The van der Waals surface area contributed by atoms with Gasteiger partial charge in [-0.05, 0) is 24.5 Å². The second kappa shape index (κ2) is 8.84. The molecule has 0 radical (unpaired) electrons. The highest BCUT2D eigenvalue weighted by Crippen LogP contribution is 2.35. The zero-order valence-electron chi connectivity index (χ0n) is 12.5. The average molecular weight is 352 g/mol. The van der Waals surface area contributed by atoms with E-state index in [-0.39, 0.29) is 11.9 Å². The summed E-state index contributed by atoms with van der Waals surface area (Å²) in [5, 5.41) is 7.39. The molecule has 3 nitrogen and oxygen atoms in total. The standard InChI is InChI=1S/C15H21Cl3N2O/c1-9(2)8-20-13(21)6-7-19-10(3)11-4-5-12(16)15(18)14(11)17/h4-5,9-10,19H,6-8H2,1-3H3,(H,20,21). The fourth-order valence-electron chi connectivity index (χ4n) is 1.79. The highest BCUT2D eigenvalue weighted by Gasteiger charge is 2.14. The number of rotatable bonds is 7. The molecule has 0 aliphatic carbocycles. The van der Waals surface area contributed by atoms with Gasteiger partial charge in [-0.25, -0.2) is 0 Å². The largest absolute Gasteiger partial charge is 0.356 e. The normalized spacial score (nSPS) is 12.5. The molecule has 0 fully saturated rings. The maximum absolute atomic E-state index is 11.6. The van der Waals surface area contributed by atoms with E-state index >= 15 is 0 Å². The minimum atomic E-state index is -0.00911. The van der Waals surface area contributed by atoms with Crippen LogP contribution in [0, 0.1) is 5.92 Å². The Labute approximate surface area is 141 Å². The second-order valence-electron chi connectivity index (χ2n) is 5.39. The fourth-order valence-corrected chi connectivity index (χ4v) is 2.50. The average Bonchev–Trinajstić information content (AvgIpc) is 2.42. The number of benzene rings is 1. The molecule has 1 aromatic rings. The Kier molecular flexibility index (Phi) is 7.82. The molecule has 0 spiro atoms. The number of hydrogen-bond donors (Lipinski definition) is 2. The van der Waals surface area contributed by atoms with Gasteiger partial charge in [0, 0.05) is 25.6 Å². The molecule has 1 unspecified atom stereocenters. The van der Waals surface area contributed by atoms with Crippen molar-refractivity contribution in [2.75, 3.05) is 13.1 Å². The van der Waals surface area contributed by atoms with Gasteiger partial charge < -0.3 is 10.6 Å². The van der Waals surface area contributed by atoms with E-state index in [4.69, 9.17) is 34.8 Å². The van der Waals surface area contributed by atoms with Gasteiger partial charge in [-0.3, -0.25) is 4.79 Å². The predicted octanol–water partition coefficient (Wildman–Crippen LogP) is 4.46. The van der Waals surface area contributed by atoms with Crippen molar-refractivity contribution in [2.45, 2.75) is 33.2 Å². The first kappa shape index (κ1) is 18.6. The number of hydrogen-bond acceptors (Lipinski definition) is 2. The Morgan fingerprint density at radius 3 is 2.43 bits per heavy atom. The van der Waals surface area contributed by atoms with E-state index in [2.05, 4.69) is 24.5 Å². The topological polar surface area (TPSA) is 41.1 Å². The molecule has 1 amide bonds. The van der Waals surface area contributed by atoms with Gasteiger partial charge in [0.25, 0.3) is 0 Å². The number of halogens is 3. The van der Waals surface area contributed by atoms with Crippen LogP contribution < -0.4 is 10.6 Å². The van der Waals surface area contributed by atoms with Crippen LogP contribution in [0.15, 0.2) is 12.1 Å². The molecule has 6 heteroatoms. The number of carbonyl (C=O) groups excluding carboxylic acids is 1. The summed E-state index contributed by atoms with van der Waals surface area (Å²) in [6.07, 6.45) is 0.427. The molecule has 1 aromatic carbocycles. The lowest BCUT2D eigenvalue weighted by molar-refractivity contribution is -0.121. The summed E-state index contributed by atoms with van der Waals surface area (Å²) < 4.78 is 0. The van der Waals surface area contributed by atoms with Crippen molar-refractivity contribution in [1.29, 1.82) is 0 Å². The van der Waals surface area contributed by atoms with Crippen LogP contribution >= 0.6 is 34.8 Å². The second-order valence-corrected chi connectivity index (χ2v) is 6.55. The van der Waals surface area contributed by atoms with Crippen molar-refractivity contribution >= 4 is 40.7 Å². The molecule has 118 valence electrons. The van der Waals surface area contributed by atoms with Crippen molar-refractivity contribution < 1.29 is 4.79 Å². The Hall–Kier alpha value is -0.480. The van der Waals surface area contributed by atoms with Crippen molar-refractivity contribution in [1.82, 2.24) is 10.6 Å². The van der Waals surface area contributed by atoms with Gasteiger partial charge in [0.15, 0.2) is 0 Å². The SMILES string of the molecule is CC(C)CNC(=O)CCNC(C)c1ccc(Cl)c(Cl)c1Cl. The minimum Gasteiger partial charge on any atom is -0.356 e. The summed E-state index contributed by atoms with van der Waals surface area (Å²) >= 11 is 18.1. The molecule has 2 N–H and O–H groups in total. The third-order valence-corrected chi connectivity index (χ3v) is 4.35. The first-order chi connectivity index (χ1) is 9.82. The van der Waals surface area contributed by atoms with E-state index in [1.54, 1.807) is 6.07 Å². The van der Waals surface area contributed by atoms with Crippen LogP contribution in [0.1, 0.15) is 38.8 Å². The van der Waals surface area contributed by atoms with Crippen molar-refractivity contribution in [3.05, 3.63) is 32.8 Å². The number of carbonyl (C=O) groups is 1. The molecular weight excluding hydrogens is 331 g/mol. The molecule has 0 saturated carbocycles. The fraction of sp³-hybridized carbons (Fsp3) is 0.533. The van der Waals surface area contributed by atoms with E-state index in [0.717, 1.165) is 5.56 Å². The highest BCUT2D eigenvalue weighted by atomic mass is 35.5. The molecule has 0 aromatic heterocycles. The lowest BCUT2D eigenvalue weighted by Gasteiger charge is -2.17. The van der Waals surface area contributed by atoms with Crippen LogP contribution in [0.3, 0.4) is 0 Å². The van der Waals surface area contributed by atoms with Crippen LogP contribution in [0.5, 0.6) is 0 Å². The first-order valence-corrected chi connectivity index (χ1v) is 8.09. The third-order valence-electron chi connectivity index (χ3n) is 3.04. The predicted molar refractivity (Wildman–Crippen MR) is 90.4 cm³/mol.